The van der Waals surface area contributed by atoms with Crippen molar-refractivity contribution in [3.63, 3.8) is 0 Å². The van der Waals surface area contributed by atoms with Crippen molar-refractivity contribution in [2.45, 2.75) is 0 Å². The molecule has 7 heteroatoms. The van der Waals surface area contributed by atoms with Crippen LogP contribution < -0.4 is 4.80 Å². The predicted octanol–water partition coefficient (Wildman–Crippen LogP) is 3.92. The van der Waals surface area contributed by atoms with Crippen molar-refractivity contribution in [3.05, 3.63) is 75.9 Å². The quantitative estimate of drug-likeness (QED) is 0.477. The number of ether oxygens (including phenoxy) is 1. The first-order chi connectivity index (χ1) is 12.7. The minimum absolute atomic E-state index is 0.201. The fourth-order valence-electron chi connectivity index (χ4n) is 2.29. The Balaban J connectivity index is 2.03. The average molecular weight is 373 g/mol. The van der Waals surface area contributed by atoms with Crippen LogP contribution in [-0.4, -0.2) is 31.2 Å². The maximum Gasteiger partial charge on any atom is 0.206 e. The summed E-state index contributed by atoms with van der Waals surface area (Å²) in [7, 11) is 1.61. The topological polar surface area (TPSA) is 38.9 Å². The summed E-state index contributed by atoms with van der Waals surface area (Å²) in [5.74, 6) is -1.29. The summed E-state index contributed by atoms with van der Waals surface area (Å²) in [5.41, 5.74) is 2.01. The van der Waals surface area contributed by atoms with Gasteiger partial charge in [-0.15, -0.1) is 11.3 Å². The molecule has 3 aromatic rings. The number of halogens is 2. The zero-order valence-electron chi connectivity index (χ0n) is 14.1. The number of thiazole rings is 1. The van der Waals surface area contributed by atoms with E-state index in [1.165, 1.54) is 29.7 Å². The molecule has 0 aliphatic heterocycles. The lowest BCUT2D eigenvalue weighted by Gasteiger charge is -2.04. The van der Waals surface area contributed by atoms with E-state index >= 15 is 0 Å². The molecule has 4 nitrogen and oxygen atoms in total. The first-order valence-corrected chi connectivity index (χ1v) is 8.82. The Morgan fingerprint density at radius 2 is 1.96 bits per heavy atom. The normalized spacial score (nSPS) is 12.2. The third kappa shape index (κ3) is 4.30. The van der Waals surface area contributed by atoms with Gasteiger partial charge < -0.3 is 4.74 Å². The standard InChI is InChI=1S/C19H17F2N3OS/c1-25-10-9-22-19-24(18(13-26-19)14-5-3-2-4-6-14)23-12-15-7-8-16(20)11-17(15)21/h2-8,11-13H,9-10H2,1H3/b22-19?,23-12-. The highest BCUT2D eigenvalue weighted by atomic mass is 32.1. The Bertz CT molecular complexity index is 964. The highest BCUT2D eigenvalue weighted by Crippen LogP contribution is 2.19. The van der Waals surface area contributed by atoms with Gasteiger partial charge in [0.1, 0.15) is 11.6 Å². The van der Waals surface area contributed by atoms with Gasteiger partial charge in [-0.3, -0.25) is 4.99 Å². The number of benzene rings is 2. The lowest BCUT2D eigenvalue weighted by atomic mass is 10.2. The summed E-state index contributed by atoms with van der Waals surface area (Å²) in [4.78, 5) is 5.15. The molecule has 0 aliphatic rings. The van der Waals surface area contributed by atoms with Gasteiger partial charge in [0, 0.05) is 29.7 Å². The van der Waals surface area contributed by atoms with Crippen molar-refractivity contribution in [2.24, 2.45) is 10.1 Å². The molecule has 1 aromatic heterocycles. The molecule has 0 saturated heterocycles. The van der Waals surface area contributed by atoms with Crippen molar-refractivity contribution < 1.29 is 13.5 Å². The van der Waals surface area contributed by atoms with Gasteiger partial charge in [-0.05, 0) is 12.1 Å². The van der Waals surface area contributed by atoms with Crippen LogP contribution in [0.15, 0.2) is 64.0 Å². The lowest BCUT2D eigenvalue weighted by molar-refractivity contribution is 0.207. The van der Waals surface area contributed by atoms with Crippen LogP contribution in [0, 0.1) is 11.6 Å². The van der Waals surface area contributed by atoms with Crippen LogP contribution in [0.4, 0.5) is 8.78 Å². The summed E-state index contributed by atoms with van der Waals surface area (Å²) in [6.07, 6.45) is 1.36. The van der Waals surface area contributed by atoms with E-state index in [4.69, 9.17) is 4.74 Å². The lowest BCUT2D eigenvalue weighted by Crippen LogP contribution is -2.14. The summed E-state index contributed by atoms with van der Waals surface area (Å²) in [6.45, 7) is 0.987. The Morgan fingerprint density at radius 1 is 1.15 bits per heavy atom. The summed E-state index contributed by atoms with van der Waals surface area (Å²) < 4.78 is 33.6. The molecule has 3 rings (SSSR count). The second kappa shape index (κ2) is 8.64. The second-order valence-corrected chi connectivity index (χ2v) is 6.20. The van der Waals surface area contributed by atoms with E-state index in [9.17, 15) is 8.78 Å². The van der Waals surface area contributed by atoms with Crippen LogP contribution in [0.25, 0.3) is 11.3 Å². The Hall–Kier alpha value is -2.64. The highest BCUT2D eigenvalue weighted by molar-refractivity contribution is 7.07. The zero-order valence-corrected chi connectivity index (χ0v) is 14.9. The largest absolute Gasteiger partial charge is 0.383 e. The molecule has 0 radical (unpaired) electrons. The molecular formula is C19H17F2N3OS. The fourth-order valence-corrected chi connectivity index (χ4v) is 3.15. The molecule has 0 atom stereocenters. The smallest absolute Gasteiger partial charge is 0.206 e. The molecule has 0 spiro atoms. The van der Waals surface area contributed by atoms with Crippen molar-refractivity contribution in [1.82, 2.24) is 4.68 Å². The molecule has 0 fully saturated rings. The monoisotopic (exact) mass is 373 g/mol. The van der Waals surface area contributed by atoms with Crippen LogP contribution in [0.3, 0.4) is 0 Å². The maximum atomic E-state index is 13.9. The van der Waals surface area contributed by atoms with Crippen LogP contribution in [-0.2, 0) is 4.74 Å². The van der Waals surface area contributed by atoms with Gasteiger partial charge in [0.15, 0.2) is 0 Å². The third-order valence-corrected chi connectivity index (χ3v) is 4.43. The van der Waals surface area contributed by atoms with Gasteiger partial charge in [0.2, 0.25) is 4.80 Å². The van der Waals surface area contributed by atoms with Crippen LogP contribution >= 0.6 is 11.3 Å². The molecule has 1 heterocycles. The Labute approximate surface area is 153 Å². The van der Waals surface area contributed by atoms with Crippen LogP contribution in [0.5, 0.6) is 0 Å². The SMILES string of the molecule is COCCN=c1scc(-c2ccccc2)n1/N=C\c1ccc(F)cc1F. The van der Waals surface area contributed by atoms with Gasteiger partial charge >= 0.3 is 0 Å². The molecule has 26 heavy (non-hydrogen) atoms. The maximum absolute atomic E-state index is 13.9. The van der Waals surface area contributed by atoms with Gasteiger partial charge in [0.05, 0.1) is 25.1 Å². The number of hydrogen-bond acceptors (Lipinski definition) is 4. The molecule has 134 valence electrons. The average Bonchev–Trinajstić information content (AvgIpc) is 3.05. The van der Waals surface area contributed by atoms with E-state index in [1.54, 1.807) is 11.8 Å². The minimum atomic E-state index is -0.663. The number of methoxy groups -OCH3 is 1. The van der Waals surface area contributed by atoms with Gasteiger partial charge in [0.25, 0.3) is 0 Å². The van der Waals surface area contributed by atoms with Gasteiger partial charge in [-0.1, -0.05) is 30.3 Å². The van der Waals surface area contributed by atoms with Crippen molar-refractivity contribution in [1.29, 1.82) is 0 Å². The molecule has 0 bridgehead atoms. The molecule has 0 N–H and O–H groups in total. The summed E-state index contributed by atoms with van der Waals surface area (Å²) in [6, 6.07) is 13.1. The molecule has 0 amide bonds. The van der Waals surface area contributed by atoms with E-state index in [1.807, 2.05) is 35.7 Å². The number of aromatic nitrogens is 1. The van der Waals surface area contributed by atoms with Gasteiger partial charge in [-0.25, -0.2) is 13.5 Å². The van der Waals surface area contributed by atoms with Gasteiger partial charge in [-0.2, -0.15) is 5.10 Å². The van der Waals surface area contributed by atoms with E-state index in [-0.39, 0.29) is 5.56 Å². The first-order valence-electron chi connectivity index (χ1n) is 7.94. The summed E-state index contributed by atoms with van der Waals surface area (Å²) in [5, 5.41) is 6.33. The van der Waals surface area contributed by atoms with E-state index in [2.05, 4.69) is 10.1 Å². The van der Waals surface area contributed by atoms with Crippen molar-refractivity contribution in [3.8, 4) is 11.3 Å². The molecule has 2 aromatic carbocycles. The number of rotatable bonds is 6. The number of nitrogens with zero attached hydrogens (tertiary/aromatic N) is 3. The third-order valence-electron chi connectivity index (χ3n) is 3.57. The fraction of sp³-hybridized carbons (Fsp3) is 0.158. The minimum Gasteiger partial charge on any atom is -0.383 e. The van der Waals surface area contributed by atoms with E-state index < -0.39 is 11.6 Å². The van der Waals surface area contributed by atoms with Crippen LogP contribution in [0.1, 0.15) is 5.56 Å². The highest BCUT2D eigenvalue weighted by Gasteiger charge is 2.07. The number of hydrogen-bond donors (Lipinski definition) is 0. The zero-order chi connectivity index (χ0) is 18.4. The first kappa shape index (κ1) is 18.2. The van der Waals surface area contributed by atoms with Crippen molar-refractivity contribution in [2.75, 3.05) is 20.3 Å². The van der Waals surface area contributed by atoms with E-state index in [0.717, 1.165) is 17.3 Å². The summed E-state index contributed by atoms with van der Waals surface area (Å²) >= 11 is 1.44. The van der Waals surface area contributed by atoms with Crippen LogP contribution in [0.2, 0.25) is 0 Å². The molecule has 0 saturated carbocycles. The molecule has 0 unspecified atom stereocenters. The Morgan fingerprint density at radius 3 is 2.69 bits per heavy atom. The molecular weight excluding hydrogens is 356 g/mol. The predicted molar refractivity (Wildman–Crippen MR) is 99.4 cm³/mol. The second-order valence-electron chi connectivity index (χ2n) is 5.37. The van der Waals surface area contributed by atoms with E-state index in [0.29, 0.717) is 18.0 Å². The Kier molecular flexibility index (Phi) is 6.04. The molecule has 0 aliphatic carbocycles. The van der Waals surface area contributed by atoms with Crippen molar-refractivity contribution >= 4 is 17.6 Å².